The molecule has 2 aliphatic rings. The summed E-state index contributed by atoms with van der Waals surface area (Å²) in [7, 11) is 0. The van der Waals surface area contributed by atoms with Crippen LogP contribution >= 0.6 is 0 Å². The van der Waals surface area contributed by atoms with E-state index in [1.807, 2.05) is 68.4 Å². The number of nitrogens with one attached hydrogen (secondary N) is 5. The molecule has 1 saturated carbocycles. The molecule has 56 heavy (non-hydrogen) atoms. The fourth-order valence-corrected chi connectivity index (χ4v) is 6.83. The van der Waals surface area contributed by atoms with Gasteiger partial charge in [-0.25, -0.2) is 4.79 Å². The number of benzene rings is 3. The van der Waals surface area contributed by atoms with E-state index in [0.29, 0.717) is 6.42 Å². The van der Waals surface area contributed by atoms with Gasteiger partial charge in [0.1, 0.15) is 37.4 Å². The molecule has 13 heteroatoms. The minimum Gasteiger partial charge on any atom is -0.461 e. The second kappa shape index (κ2) is 19.7. The van der Waals surface area contributed by atoms with Crippen molar-refractivity contribution in [2.45, 2.75) is 89.9 Å². The van der Waals surface area contributed by atoms with Crippen molar-refractivity contribution in [1.82, 2.24) is 26.6 Å². The molecule has 13 nitrogen and oxygen atoms in total. The van der Waals surface area contributed by atoms with Crippen molar-refractivity contribution in [3.05, 3.63) is 95.6 Å². The smallest absolute Gasteiger partial charge is 0.407 e. The molecule has 2 aliphatic carbocycles. The van der Waals surface area contributed by atoms with Gasteiger partial charge in [0.25, 0.3) is 0 Å². The lowest BCUT2D eigenvalue weighted by molar-refractivity contribution is -0.152. The highest BCUT2D eigenvalue weighted by atomic mass is 16.6. The third-order valence-corrected chi connectivity index (χ3v) is 10.5. The average Bonchev–Trinajstić information content (AvgIpc) is 3.50. The maximum atomic E-state index is 13.7. The average molecular weight is 768 g/mol. The molecule has 0 heterocycles. The number of carbonyl (C=O) groups excluding carboxylic acids is 6. The van der Waals surface area contributed by atoms with Gasteiger partial charge < -0.3 is 36.1 Å². The van der Waals surface area contributed by atoms with Gasteiger partial charge in [0.15, 0.2) is 0 Å². The molecule has 0 aliphatic heterocycles. The zero-order valence-corrected chi connectivity index (χ0v) is 32.5. The quantitative estimate of drug-likeness (QED) is 0.120. The molecule has 4 unspecified atom stereocenters. The highest BCUT2D eigenvalue weighted by Crippen LogP contribution is 2.44. The third kappa shape index (κ3) is 10.9. The van der Waals surface area contributed by atoms with E-state index in [-0.39, 0.29) is 43.4 Å². The van der Waals surface area contributed by atoms with Crippen LogP contribution in [0, 0.1) is 11.8 Å². The van der Waals surface area contributed by atoms with Gasteiger partial charge in [-0.3, -0.25) is 24.0 Å². The van der Waals surface area contributed by atoms with Crippen LogP contribution in [-0.4, -0.2) is 79.6 Å². The summed E-state index contributed by atoms with van der Waals surface area (Å²) < 4.78 is 11.0. The summed E-state index contributed by atoms with van der Waals surface area (Å²) >= 11 is 0. The first kappa shape index (κ1) is 41.4. The molecule has 3 aromatic rings. The number of alkyl carbamates (subject to hydrolysis) is 1. The Hall–Kier alpha value is -5.72. The van der Waals surface area contributed by atoms with Gasteiger partial charge in [-0.1, -0.05) is 113 Å². The molecular weight excluding hydrogens is 714 g/mol. The zero-order valence-electron chi connectivity index (χ0n) is 32.5. The molecule has 1 fully saturated rings. The van der Waals surface area contributed by atoms with Gasteiger partial charge >= 0.3 is 12.1 Å². The van der Waals surface area contributed by atoms with Crippen molar-refractivity contribution in [3.8, 4) is 11.1 Å². The van der Waals surface area contributed by atoms with Crippen LogP contribution < -0.4 is 26.6 Å². The number of hydrogen-bond acceptors (Lipinski definition) is 8. The lowest BCUT2D eigenvalue weighted by Gasteiger charge is -2.27. The normalized spacial score (nSPS) is 15.4. The van der Waals surface area contributed by atoms with E-state index in [9.17, 15) is 28.8 Å². The van der Waals surface area contributed by atoms with Crippen molar-refractivity contribution in [2.75, 3.05) is 19.7 Å². The van der Waals surface area contributed by atoms with E-state index >= 15 is 0 Å². The summed E-state index contributed by atoms with van der Waals surface area (Å²) in [5.41, 5.74) is 5.07. The number of fused-ring (bicyclic) bond motifs is 3. The zero-order chi connectivity index (χ0) is 40.2. The predicted molar refractivity (Wildman–Crippen MR) is 210 cm³/mol. The minimum absolute atomic E-state index is 0.0776. The Morgan fingerprint density at radius 2 is 1.29 bits per heavy atom. The van der Waals surface area contributed by atoms with Crippen LogP contribution in [0.5, 0.6) is 0 Å². The van der Waals surface area contributed by atoms with Crippen LogP contribution in [0.2, 0.25) is 0 Å². The van der Waals surface area contributed by atoms with Gasteiger partial charge in [-0.2, -0.15) is 0 Å². The standard InChI is InChI=1S/C43H53N5O8/c1-5-27(4)39(48-43(54)55-25-34-32-20-11-9-18-30(32)31-19-10-12-21-33(31)34)42(53)44-23-36(49)46-35(22-28-14-7-6-8-15-28)40(51)47-38(26(2)3)41(52)45-24-37(50)56-29-16-13-17-29/h6-12,14-15,18-21,26-27,29,34-35,38-39H,5,13,16-17,22-25H2,1-4H3,(H,44,53)(H,45,52)(H,46,49)(H,47,51)(H,48,54). The van der Waals surface area contributed by atoms with E-state index in [2.05, 4.69) is 26.6 Å². The van der Waals surface area contributed by atoms with Crippen LogP contribution in [0.15, 0.2) is 78.9 Å². The Kier molecular flexibility index (Phi) is 14.6. The lowest BCUT2D eigenvalue weighted by atomic mass is 9.96. The molecule has 5 N–H and O–H groups in total. The van der Waals surface area contributed by atoms with Crippen molar-refractivity contribution >= 4 is 35.7 Å². The number of carbonyl (C=O) groups is 6. The number of esters is 1. The van der Waals surface area contributed by atoms with Crippen LogP contribution in [0.3, 0.4) is 0 Å². The fraction of sp³-hybridized carbons (Fsp3) is 0.442. The molecule has 0 radical (unpaired) electrons. The maximum Gasteiger partial charge on any atom is 0.407 e. The molecule has 0 spiro atoms. The molecule has 4 atom stereocenters. The topological polar surface area (TPSA) is 181 Å². The van der Waals surface area contributed by atoms with E-state index < -0.39 is 60.4 Å². The molecule has 0 bridgehead atoms. The summed E-state index contributed by atoms with van der Waals surface area (Å²) in [5.74, 6) is -3.76. The Morgan fingerprint density at radius 3 is 1.88 bits per heavy atom. The van der Waals surface area contributed by atoms with E-state index in [4.69, 9.17) is 9.47 Å². The third-order valence-electron chi connectivity index (χ3n) is 10.5. The van der Waals surface area contributed by atoms with Gasteiger partial charge in [0, 0.05) is 12.3 Å². The highest BCUT2D eigenvalue weighted by molar-refractivity contribution is 5.95. The van der Waals surface area contributed by atoms with Crippen LogP contribution in [0.4, 0.5) is 4.79 Å². The lowest BCUT2D eigenvalue weighted by Crippen LogP contribution is -2.57. The van der Waals surface area contributed by atoms with E-state index in [1.54, 1.807) is 38.1 Å². The molecule has 0 aromatic heterocycles. The Labute approximate surface area is 328 Å². The molecule has 3 aromatic carbocycles. The molecule has 5 amide bonds. The van der Waals surface area contributed by atoms with Crippen molar-refractivity contribution in [2.24, 2.45) is 11.8 Å². The molecular formula is C43H53N5O8. The molecule has 5 rings (SSSR count). The summed E-state index contributed by atoms with van der Waals surface area (Å²) in [4.78, 5) is 78.8. The Bertz CT molecular complexity index is 1820. The van der Waals surface area contributed by atoms with Gasteiger partial charge in [0.05, 0.1) is 6.54 Å². The first-order valence-electron chi connectivity index (χ1n) is 19.4. The number of rotatable bonds is 18. The monoisotopic (exact) mass is 767 g/mol. The van der Waals surface area contributed by atoms with Crippen molar-refractivity contribution < 1.29 is 38.2 Å². The first-order valence-corrected chi connectivity index (χ1v) is 19.4. The van der Waals surface area contributed by atoms with E-state index in [1.165, 1.54) is 0 Å². The van der Waals surface area contributed by atoms with Crippen molar-refractivity contribution in [1.29, 1.82) is 0 Å². The highest BCUT2D eigenvalue weighted by Gasteiger charge is 2.33. The second-order valence-corrected chi connectivity index (χ2v) is 14.9. The second-order valence-electron chi connectivity index (χ2n) is 14.9. The minimum atomic E-state index is -1.11. The van der Waals surface area contributed by atoms with Gasteiger partial charge in [-0.05, 0) is 58.9 Å². The fourth-order valence-electron chi connectivity index (χ4n) is 6.83. The first-order chi connectivity index (χ1) is 26.9. The number of amides is 5. The van der Waals surface area contributed by atoms with E-state index in [0.717, 1.165) is 47.1 Å². The molecule has 298 valence electrons. The van der Waals surface area contributed by atoms with Gasteiger partial charge in [-0.15, -0.1) is 0 Å². The SMILES string of the molecule is CCC(C)C(NC(=O)OCC1c2ccccc2-c2ccccc21)C(=O)NCC(=O)NC(Cc1ccccc1)C(=O)NC(C(=O)NCC(=O)OC1CCC1)C(C)C. The number of ether oxygens (including phenoxy) is 2. The van der Waals surface area contributed by atoms with Crippen LogP contribution in [-0.2, 0) is 39.9 Å². The van der Waals surface area contributed by atoms with Crippen LogP contribution in [0.1, 0.15) is 76.0 Å². The number of hydrogen-bond donors (Lipinski definition) is 5. The van der Waals surface area contributed by atoms with Crippen molar-refractivity contribution in [3.63, 3.8) is 0 Å². The maximum absolute atomic E-state index is 13.7. The summed E-state index contributed by atoms with van der Waals surface area (Å²) in [6, 6.07) is 21.9. The largest absolute Gasteiger partial charge is 0.461 e. The van der Waals surface area contributed by atoms with Crippen LogP contribution in [0.25, 0.3) is 11.1 Å². The Balaban J connectivity index is 1.17. The summed E-state index contributed by atoms with van der Waals surface area (Å²) in [6.07, 6.45) is 2.39. The Morgan fingerprint density at radius 1 is 0.696 bits per heavy atom. The summed E-state index contributed by atoms with van der Waals surface area (Å²) in [6.45, 7) is 6.47. The predicted octanol–water partition coefficient (Wildman–Crippen LogP) is 4.14. The molecule has 0 saturated heterocycles. The summed E-state index contributed by atoms with van der Waals surface area (Å²) in [5, 5.41) is 13.3. The van der Waals surface area contributed by atoms with Gasteiger partial charge in [0.2, 0.25) is 23.6 Å².